The molecular weight excluding hydrogens is 218 g/mol. The Kier molecular flexibility index (Phi) is 2.43. The van der Waals surface area contributed by atoms with Gasteiger partial charge in [-0.1, -0.05) is 30.0 Å². The smallest absolute Gasteiger partial charge is 0.291 e. The third-order valence-electron chi connectivity index (χ3n) is 1.84. The van der Waals surface area contributed by atoms with E-state index < -0.39 is 0 Å². The molecule has 0 spiro atoms. The average Bonchev–Trinajstić information content (AvgIpc) is 2.46. The Labute approximate surface area is 90.7 Å². The van der Waals surface area contributed by atoms with Crippen molar-refractivity contribution in [2.45, 2.75) is 0 Å². The summed E-state index contributed by atoms with van der Waals surface area (Å²) in [6.45, 7) is 0. The molecule has 72 valence electrons. The van der Waals surface area contributed by atoms with Gasteiger partial charge in [-0.25, -0.2) is 0 Å². The Balaban J connectivity index is 2.39. The number of anilines is 1. The van der Waals surface area contributed by atoms with E-state index in [9.17, 15) is 9.90 Å². The number of benzene rings is 1. The van der Waals surface area contributed by atoms with E-state index in [1.165, 1.54) is 22.7 Å². The number of thioether (sulfide) groups is 1. The van der Waals surface area contributed by atoms with Crippen LogP contribution in [0.5, 0.6) is 5.75 Å². The monoisotopic (exact) mass is 225 g/mol. The van der Waals surface area contributed by atoms with Crippen LogP contribution in [0.3, 0.4) is 0 Å². The lowest BCUT2D eigenvalue weighted by Crippen LogP contribution is -2.26. The lowest BCUT2D eigenvalue weighted by molar-refractivity contribution is 0.268. The van der Waals surface area contributed by atoms with Crippen molar-refractivity contribution in [3.05, 3.63) is 24.3 Å². The summed E-state index contributed by atoms with van der Waals surface area (Å²) >= 11 is 6.22. The summed E-state index contributed by atoms with van der Waals surface area (Å²) in [5, 5.41) is 9.18. The zero-order valence-corrected chi connectivity index (χ0v) is 8.77. The summed E-state index contributed by atoms with van der Waals surface area (Å²) in [5.74, 6) is 0.680. The second-order valence-corrected chi connectivity index (χ2v) is 4.20. The van der Waals surface area contributed by atoms with Crippen molar-refractivity contribution in [3.8, 4) is 5.75 Å². The molecule has 1 aliphatic heterocycles. The fraction of sp³-hybridized carbons (Fsp3) is 0.111. The molecule has 0 radical (unpaired) electrons. The van der Waals surface area contributed by atoms with Crippen LogP contribution in [0.2, 0.25) is 0 Å². The number of rotatable bonds is 1. The van der Waals surface area contributed by atoms with Crippen LogP contribution in [0.25, 0.3) is 0 Å². The van der Waals surface area contributed by atoms with Gasteiger partial charge in [0, 0.05) is 6.07 Å². The second kappa shape index (κ2) is 3.59. The molecule has 1 fully saturated rings. The number of thiocarbonyl (C=S) groups is 1. The number of phenols is 1. The van der Waals surface area contributed by atoms with E-state index in [2.05, 4.69) is 0 Å². The van der Waals surface area contributed by atoms with Crippen LogP contribution in [0.1, 0.15) is 0 Å². The van der Waals surface area contributed by atoms with Crippen LogP contribution in [-0.2, 0) is 0 Å². The van der Waals surface area contributed by atoms with Gasteiger partial charge >= 0.3 is 0 Å². The Hall–Kier alpha value is -1.07. The normalized spacial score (nSPS) is 16.4. The van der Waals surface area contributed by atoms with E-state index in [1.54, 1.807) is 18.2 Å². The molecule has 2 rings (SSSR count). The van der Waals surface area contributed by atoms with Gasteiger partial charge in [-0.15, -0.1) is 0 Å². The molecule has 1 saturated heterocycles. The van der Waals surface area contributed by atoms with Gasteiger partial charge in [-0.3, -0.25) is 9.69 Å². The molecular formula is C9H7NO2S2. The largest absolute Gasteiger partial charge is 0.508 e. The number of aromatic hydroxyl groups is 1. The van der Waals surface area contributed by atoms with E-state index >= 15 is 0 Å². The molecule has 0 aliphatic carbocycles. The van der Waals surface area contributed by atoms with Gasteiger partial charge in [0.15, 0.2) is 0 Å². The van der Waals surface area contributed by atoms with E-state index in [1.807, 2.05) is 0 Å². The lowest BCUT2D eigenvalue weighted by atomic mass is 10.3. The fourth-order valence-electron chi connectivity index (χ4n) is 1.24. The molecule has 1 aromatic carbocycles. The van der Waals surface area contributed by atoms with Gasteiger partial charge in [0.25, 0.3) is 5.24 Å². The van der Waals surface area contributed by atoms with Crippen molar-refractivity contribution in [2.24, 2.45) is 0 Å². The van der Waals surface area contributed by atoms with Crippen LogP contribution in [-0.4, -0.2) is 21.1 Å². The first kappa shape index (κ1) is 9.48. The summed E-state index contributed by atoms with van der Waals surface area (Å²) in [5.41, 5.74) is 0.630. The quantitative estimate of drug-likeness (QED) is 0.745. The summed E-state index contributed by atoms with van der Waals surface area (Å²) in [6, 6.07) is 6.51. The molecule has 1 amide bonds. The average molecular weight is 225 g/mol. The predicted octanol–water partition coefficient (Wildman–Crippen LogP) is 2.39. The third kappa shape index (κ3) is 1.60. The van der Waals surface area contributed by atoms with Gasteiger partial charge in [0.05, 0.1) is 11.4 Å². The first-order valence-electron chi connectivity index (χ1n) is 3.97. The van der Waals surface area contributed by atoms with E-state index in [0.29, 0.717) is 16.4 Å². The number of hydrogen-bond donors (Lipinski definition) is 1. The van der Waals surface area contributed by atoms with Gasteiger partial charge < -0.3 is 5.11 Å². The van der Waals surface area contributed by atoms with Crippen LogP contribution < -0.4 is 4.90 Å². The first-order chi connectivity index (χ1) is 6.68. The minimum Gasteiger partial charge on any atom is -0.508 e. The maximum Gasteiger partial charge on any atom is 0.291 e. The van der Waals surface area contributed by atoms with E-state index in [-0.39, 0.29) is 11.0 Å². The SMILES string of the molecule is O=C1SCC(=S)N1c1cccc(O)c1. The van der Waals surface area contributed by atoms with Crippen LogP contribution in [0, 0.1) is 0 Å². The van der Waals surface area contributed by atoms with Crippen molar-refractivity contribution in [1.29, 1.82) is 0 Å². The highest BCUT2D eigenvalue weighted by Crippen LogP contribution is 2.28. The molecule has 0 aromatic heterocycles. The maximum atomic E-state index is 11.4. The molecule has 0 saturated carbocycles. The van der Waals surface area contributed by atoms with Crippen molar-refractivity contribution < 1.29 is 9.90 Å². The number of nitrogens with zero attached hydrogens (tertiary/aromatic N) is 1. The lowest BCUT2D eigenvalue weighted by Gasteiger charge is -2.14. The van der Waals surface area contributed by atoms with E-state index in [0.717, 1.165) is 0 Å². The molecule has 0 atom stereocenters. The number of carbonyl (C=O) groups excluding carboxylic acids is 1. The minimum absolute atomic E-state index is 0.0828. The summed E-state index contributed by atoms with van der Waals surface area (Å²) in [4.78, 5) is 13.4. The van der Waals surface area contributed by atoms with Gasteiger partial charge in [-0.2, -0.15) is 0 Å². The number of amides is 1. The fourth-order valence-corrected chi connectivity index (χ4v) is 2.38. The van der Waals surface area contributed by atoms with Crippen molar-refractivity contribution in [1.82, 2.24) is 0 Å². The highest BCUT2D eigenvalue weighted by atomic mass is 32.2. The number of phenolic OH excluding ortho intramolecular Hbond substituents is 1. The first-order valence-corrected chi connectivity index (χ1v) is 5.36. The molecule has 0 unspecified atom stereocenters. The third-order valence-corrected chi connectivity index (χ3v) is 3.20. The van der Waals surface area contributed by atoms with Crippen molar-refractivity contribution in [2.75, 3.05) is 10.7 Å². The maximum absolute atomic E-state index is 11.4. The molecule has 1 N–H and O–H groups in total. The minimum atomic E-state index is -0.0828. The Bertz CT molecular complexity index is 390. The van der Waals surface area contributed by atoms with Gasteiger partial charge in [0.2, 0.25) is 0 Å². The second-order valence-electron chi connectivity index (χ2n) is 2.80. The zero-order chi connectivity index (χ0) is 10.1. The molecule has 1 aromatic rings. The van der Waals surface area contributed by atoms with E-state index in [4.69, 9.17) is 12.2 Å². The van der Waals surface area contributed by atoms with Crippen molar-refractivity contribution >= 4 is 39.9 Å². The Morgan fingerprint density at radius 1 is 1.50 bits per heavy atom. The molecule has 1 heterocycles. The molecule has 14 heavy (non-hydrogen) atoms. The number of hydrogen-bond acceptors (Lipinski definition) is 4. The number of carbonyl (C=O) groups is 1. The highest BCUT2D eigenvalue weighted by Gasteiger charge is 2.28. The van der Waals surface area contributed by atoms with Gasteiger partial charge in [-0.05, 0) is 12.1 Å². The summed E-state index contributed by atoms with van der Waals surface area (Å²) < 4.78 is 0. The summed E-state index contributed by atoms with van der Waals surface area (Å²) in [7, 11) is 0. The highest BCUT2D eigenvalue weighted by molar-refractivity contribution is 8.16. The van der Waals surface area contributed by atoms with Crippen LogP contribution in [0.4, 0.5) is 10.5 Å². The van der Waals surface area contributed by atoms with Gasteiger partial charge in [0.1, 0.15) is 10.7 Å². The van der Waals surface area contributed by atoms with Crippen molar-refractivity contribution in [3.63, 3.8) is 0 Å². The molecule has 5 heteroatoms. The Morgan fingerprint density at radius 3 is 2.86 bits per heavy atom. The zero-order valence-electron chi connectivity index (χ0n) is 7.14. The van der Waals surface area contributed by atoms with Crippen LogP contribution >= 0.6 is 24.0 Å². The standard InChI is InChI=1S/C9H7NO2S2/c11-7-3-1-2-6(4-7)10-8(13)5-14-9(10)12/h1-4,11H,5H2. The van der Waals surface area contributed by atoms with Crippen LogP contribution in [0.15, 0.2) is 24.3 Å². The topological polar surface area (TPSA) is 40.5 Å². The molecule has 3 nitrogen and oxygen atoms in total. The molecule has 1 aliphatic rings. The molecule has 0 bridgehead atoms. The Morgan fingerprint density at radius 2 is 2.29 bits per heavy atom. The predicted molar refractivity (Wildman–Crippen MR) is 61.0 cm³/mol. The summed E-state index contributed by atoms with van der Waals surface area (Å²) in [6.07, 6.45) is 0.